The molecule has 0 radical (unpaired) electrons. The first kappa shape index (κ1) is 32.3. The van der Waals surface area contributed by atoms with Gasteiger partial charge in [-0.05, 0) is 74.8 Å². The molecule has 13 heteroatoms. The molecule has 10 nitrogen and oxygen atoms in total. The van der Waals surface area contributed by atoms with Crippen molar-refractivity contribution in [2.24, 2.45) is 0 Å². The SMILES string of the molecule is CN(C(=O)O)[C@H](C(=O)Nc1cccc(F)c1CC[C@H]1CN[C@@H]2CCCS(=O)(=O)N1C2)C(c1ccc(F)cc1)[C@H]1CCCCO1. The molecule has 0 spiro atoms. The number of benzene rings is 2. The standard InChI is InChI=1S/C31H40F2N4O6S/c1-36(31(39)40)29(28(27-9-2-3-16-43-27)20-10-12-21(32)13-11-20)30(38)35-26-8-4-7-25(33)24(26)15-14-23-18-34-22-6-5-17-44(41,42)37(23)19-22/h4,7-8,10-13,22-23,27-29,34H,2-3,5-6,9,14-19H2,1H3,(H,35,38)(H,39,40)/t22-,23+,27-,28?,29+/m1/s1. The van der Waals surface area contributed by atoms with Crippen LogP contribution in [0.25, 0.3) is 0 Å². The summed E-state index contributed by atoms with van der Waals surface area (Å²) in [5.41, 5.74) is 0.938. The van der Waals surface area contributed by atoms with Crippen molar-refractivity contribution in [1.29, 1.82) is 0 Å². The molecule has 44 heavy (non-hydrogen) atoms. The van der Waals surface area contributed by atoms with Crippen molar-refractivity contribution >= 4 is 27.7 Å². The molecule has 3 aliphatic heterocycles. The van der Waals surface area contributed by atoms with E-state index in [9.17, 15) is 27.5 Å². The summed E-state index contributed by atoms with van der Waals surface area (Å²) in [7, 11) is -2.13. The number of sulfonamides is 1. The largest absolute Gasteiger partial charge is 0.465 e. The van der Waals surface area contributed by atoms with Gasteiger partial charge in [0.15, 0.2) is 0 Å². The predicted molar refractivity (Wildman–Crippen MR) is 161 cm³/mol. The van der Waals surface area contributed by atoms with E-state index in [1.165, 1.54) is 47.8 Å². The average molecular weight is 635 g/mol. The van der Waals surface area contributed by atoms with Crippen LogP contribution in [0, 0.1) is 11.6 Å². The van der Waals surface area contributed by atoms with Crippen molar-refractivity contribution in [1.82, 2.24) is 14.5 Å². The van der Waals surface area contributed by atoms with Crippen molar-refractivity contribution in [3.8, 4) is 0 Å². The quantitative estimate of drug-likeness (QED) is 0.381. The van der Waals surface area contributed by atoms with Crippen LogP contribution in [0.2, 0.25) is 0 Å². The third-order valence-electron chi connectivity index (χ3n) is 9.06. The molecule has 0 aliphatic carbocycles. The van der Waals surface area contributed by atoms with Crippen LogP contribution in [-0.4, -0.2) is 91.5 Å². The monoisotopic (exact) mass is 634 g/mol. The molecule has 6 atom stereocenters. The molecule has 2 aromatic rings. The Morgan fingerprint density at radius 1 is 1.14 bits per heavy atom. The van der Waals surface area contributed by atoms with Crippen LogP contribution in [0.15, 0.2) is 42.5 Å². The first-order valence-corrected chi connectivity index (χ1v) is 16.8. The van der Waals surface area contributed by atoms with E-state index in [1.54, 1.807) is 6.07 Å². The van der Waals surface area contributed by atoms with E-state index >= 15 is 4.39 Å². The molecule has 3 fully saturated rings. The Bertz CT molecular complexity index is 1440. The van der Waals surface area contributed by atoms with Crippen LogP contribution in [0.3, 0.4) is 0 Å². The zero-order chi connectivity index (χ0) is 31.4. The summed E-state index contributed by atoms with van der Waals surface area (Å²) in [4.78, 5) is 27.2. The van der Waals surface area contributed by atoms with Gasteiger partial charge in [0, 0.05) is 56.0 Å². The lowest BCUT2D eigenvalue weighted by Crippen LogP contribution is -2.57. The molecule has 2 amide bonds. The summed E-state index contributed by atoms with van der Waals surface area (Å²) < 4.78 is 62.6. The fraction of sp³-hybridized carbons (Fsp3) is 0.548. The van der Waals surface area contributed by atoms with E-state index in [2.05, 4.69) is 10.6 Å². The number of fused-ring (bicyclic) bond motifs is 2. The van der Waals surface area contributed by atoms with Gasteiger partial charge in [-0.25, -0.2) is 22.0 Å². The zero-order valence-corrected chi connectivity index (χ0v) is 25.6. The maximum Gasteiger partial charge on any atom is 0.407 e. The second-order valence-electron chi connectivity index (χ2n) is 11.9. The molecular weight excluding hydrogens is 594 g/mol. The Hall–Kier alpha value is -3.13. The van der Waals surface area contributed by atoms with E-state index < -0.39 is 51.7 Å². The summed E-state index contributed by atoms with van der Waals surface area (Å²) in [6.45, 7) is 1.28. The molecule has 3 saturated heterocycles. The van der Waals surface area contributed by atoms with Gasteiger partial charge in [0.05, 0.1) is 11.9 Å². The van der Waals surface area contributed by atoms with Crippen molar-refractivity contribution in [2.75, 3.05) is 37.8 Å². The van der Waals surface area contributed by atoms with Gasteiger partial charge in [0.25, 0.3) is 0 Å². The molecule has 3 heterocycles. The van der Waals surface area contributed by atoms with Crippen LogP contribution >= 0.6 is 0 Å². The lowest BCUT2D eigenvalue weighted by molar-refractivity contribution is -0.123. The fourth-order valence-electron chi connectivity index (χ4n) is 6.73. The minimum atomic E-state index is -3.43. The number of piperazine rings is 1. The van der Waals surface area contributed by atoms with Crippen LogP contribution in [0.1, 0.15) is 55.6 Å². The number of nitrogens with zero attached hydrogens (tertiary/aromatic N) is 2. The van der Waals surface area contributed by atoms with Crippen molar-refractivity contribution in [3.05, 3.63) is 65.2 Å². The Labute approximate surface area is 256 Å². The Morgan fingerprint density at radius 3 is 2.61 bits per heavy atom. The van der Waals surface area contributed by atoms with Gasteiger partial charge in [-0.3, -0.25) is 9.69 Å². The number of amides is 2. The number of halogens is 2. The Morgan fingerprint density at radius 2 is 1.91 bits per heavy atom. The molecule has 3 N–H and O–H groups in total. The number of carbonyl (C=O) groups excluding carboxylic acids is 1. The molecule has 0 aromatic heterocycles. The maximum absolute atomic E-state index is 15.3. The summed E-state index contributed by atoms with van der Waals surface area (Å²) >= 11 is 0. The highest BCUT2D eigenvalue weighted by molar-refractivity contribution is 7.89. The number of nitrogens with one attached hydrogen (secondary N) is 2. The number of carboxylic acid groups (broad SMARTS) is 1. The summed E-state index contributed by atoms with van der Waals surface area (Å²) in [5, 5.41) is 16.2. The molecule has 2 bridgehead atoms. The number of rotatable bonds is 9. The van der Waals surface area contributed by atoms with Crippen LogP contribution < -0.4 is 10.6 Å². The number of carbonyl (C=O) groups is 2. The molecule has 240 valence electrons. The van der Waals surface area contributed by atoms with Crippen molar-refractivity contribution < 1.29 is 36.6 Å². The highest BCUT2D eigenvalue weighted by Crippen LogP contribution is 2.35. The third-order valence-corrected chi connectivity index (χ3v) is 11.0. The molecule has 2 unspecified atom stereocenters. The molecule has 3 aliphatic rings. The number of anilines is 1. The molecular formula is C31H40F2N4O6S. The number of ether oxygens (including phenoxy) is 1. The normalized spacial score (nSPS) is 26.2. The van der Waals surface area contributed by atoms with Gasteiger partial charge in [0.1, 0.15) is 17.7 Å². The summed E-state index contributed by atoms with van der Waals surface area (Å²) in [6, 6.07) is 8.32. The van der Waals surface area contributed by atoms with E-state index in [1.807, 2.05) is 0 Å². The Kier molecular flexibility index (Phi) is 10.2. The van der Waals surface area contributed by atoms with Gasteiger partial charge < -0.3 is 20.5 Å². The van der Waals surface area contributed by atoms with Gasteiger partial charge >= 0.3 is 6.09 Å². The number of hydrogen-bond acceptors (Lipinski definition) is 6. The lowest BCUT2D eigenvalue weighted by Gasteiger charge is -2.38. The van der Waals surface area contributed by atoms with Crippen molar-refractivity contribution in [3.63, 3.8) is 0 Å². The smallest absolute Gasteiger partial charge is 0.407 e. The van der Waals surface area contributed by atoms with E-state index in [4.69, 9.17) is 4.74 Å². The number of hydrogen-bond donors (Lipinski definition) is 3. The highest BCUT2D eigenvalue weighted by atomic mass is 32.2. The second-order valence-corrected chi connectivity index (χ2v) is 13.9. The lowest BCUT2D eigenvalue weighted by atomic mass is 9.82. The maximum atomic E-state index is 15.3. The van der Waals surface area contributed by atoms with Gasteiger partial charge in [-0.2, -0.15) is 4.31 Å². The molecule has 5 rings (SSSR count). The van der Waals surface area contributed by atoms with Crippen molar-refractivity contribution in [2.45, 2.75) is 75.1 Å². The van der Waals surface area contributed by atoms with E-state index in [-0.39, 0.29) is 35.5 Å². The van der Waals surface area contributed by atoms with Crippen LogP contribution in [-0.2, 0) is 26.0 Å². The topological polar surface area (TPSA) is 128 Å². The molecule has 2 aromatic carbocycles. The van der Waals surface area contributed by atoms with E-state index in [0.29, 0.717) is 44.5 Å². The summed E-state index contributed by atoms with van der Waals surface area (Å²) in [6.07, 6.45) is 2.25. The first-order chi connectivity index (χ1) is 21.0. The number of likely N-dealkylation sites (N-methyl/N-ethyl adjacent to an activating group) is 1. The van der Waals surface area contributed by atoms with Gasteiger partial charge in [-0.15, -0.1) is 0 Å². The summed E-state index contributed by atoms with van der Waals surface area (Å²) in [5.74, 6) is -2.38. The van der Waals surface area contributed by atoms with Gasteiger partial charge in [-0.1, -0.05) is 18.2 Å². The molecule has 0 saturated carbocycles. The third kappa shape index (κ3) is 7.22. The van der Waals surface area contributed by atoms with Crippen LogP contribution in [0.4, 0.5) is 19.3 Å². The predicted octanol–water partition coefficient (Wildman–Crippen LogP) is 3.93. The fourth-order valence-corrected chi connectivity index (χ4v) is 8.53. The first-order valence-electron chi connectivity index (χ1n) is 15.2. The van der Waals surface area contributed by atoms with Gasteiger partial charge in [0.2, 0.25) is 15.9 Å². The van der Waals surface area contributed by atoms with Crippen LogP contribution in [0.5, 0.6) is 0 Å². The average Bonchev–Trinajstić information content (AvgIpc) is 3.12. The van der Waals surface area contributed by atoms with E-state index in [0.717, 1.165) is 24.2 Å². The Balaban J connectivity index is 1.42. The second kappa shape index (κ2) is 13.9. The minimum absolute atomic E-state index is 0.0844. The minimum Gasteiger partial charge on any atom is -0.465 e. The highest BCUT2D eigenvalue weighted by Gasteiger charge is 2.42. The zero-order valence-electron chi connectivity index (χ0n) is 24.8.